The highest BCUT2D eigenvalue weighted by molar-refractivity contribution is 6.33. The third-order valence-corrected chi connectivity index (χ3v) is 2.53. The molecule has 0 fully saturated rings. The first kappa shape index (κ1) is 14.4. The Bertz CT molecular complexity index is 517. The number of benzene rings is 1. The van der Waals surface area contributed by atoms with Crippen molar-refractivity contribution in [3.8, 4) is 0 Å². The molecule has 1 amide bonds. The molecule has 4 nitrogen and oxygen atoms in total. The summed E-state index contributed by atoms with van der Waals surface area (Å²) in [6.45, 7) is 2.50. The molecule has 18 heavy (non-hydrogen) atoms. The van der Waals surface area contributed by atoms with Crippen molar-refractivity contribution < 1.29 is 23.5 Å². The van der Waals surface area contributed by atoms with Gasteiger partial charge in [0, 0.05) is 0 Å². The summed E-state index contributed by atoms with van der Waals surface area (Å²) in [4.78, 5) is 22.5. The molecule has 0 radical (unpaired) electrons. The number of rotatable bonds is 3. The van der Waals surface area contributed by atoms with Crippen LogP contribution < -0.4 is 5.32 Å². The molecule has 1 aromatic rings. The van der Waals surface area contributed by atoms with Crippen LogP contribution in [-0.4, -0.2) is 22.5 Å². The number of nitrogens with one attached hydrogen (secondary N) is 1. The zero-order valence-electron chi connectivity index (χ0n) is 9.55. The zero-order chi connectivity index (χ0) is 14.1. The molecule has 1 aromatic carbocycles. The Morgan fingerprint density at radius 2 is 1.78 bits per heavy atom. The van der Waals surface area contributed by atoms with Crippen LogP contribution in [0.15, 0.2) is 12.1 Å². The maximum absolute atomic E-state index is 13.0. The lowest BCUT2D eigenvalue weighted by Crippen LogP contribution is -2.49. The van der Waals surface area contributed by atoms with Crippen molar-refractivity contribution in [2.24, 2.45) is 0 Å². The second kappa shape index (κ2) is 4.89. The largest absolute Gasteiger partial charge is 0.480 e. The van der Waals surface area contributed by atoms with E-state index in [2.05, 4.69) is 5.32 Å². The van der Waals surface area contributed by atoms with Gasteiger partial charge in [-0.3, -0.25) is 4.79 Å². The minimum atomic E-state index is -1.55. The predicted molar refractivity (Wildman–Crippen MR) is 60.5 cm³/mol. The van der Waals surface area contributed by atoms with Crippen LogP contribution in [0.5, 0.6) is 0 Å². The second-order valence-electron chi connectivity index (χ2n) is 4.13. The first-order chi connectivity index (χ1) is 8.15. The van der Waals surface area contributed by atoms with E-state index in [1.807, 2.05) is 0 Å². The zero-order valence-corrected chi connectivity index (χ0v) is 10.3. The van der Waals surface area contributed by atoms with Crippen LogP contribution in [-0.2, 0) is 4.79 Å². The van der Waals surface area contributed by atoms with Crippen LogP contribution in [0.3, 0.4) is 0 Å². The standard InChI is InChI=1S/C11H10ClF2NO3/c1-11(2,10(17)18)15-9(16)5-3-7(13)8(14)4-6(5)12/h3-4H,1-2H3,(H,15,16)(H,17,18). The summed E-state index contributed by atoms with van der Waals surface area (Å²) in [6, 6.07) is 1.27. The molecule has 0 atom stereocenters. The molecule has 7 heteroatoms. The maximum atomic E-state index is 13.0. The van der Waals surface area contributed by atoms with Crippen LogP contribution in [0, 0.1) is 11.6 Å². The summed E-state index contributed by atoms with van der Waals surface area (Å²) in [5, 5.41) is 10.7. The Morgan fingerprint density at radius 1 is 1.28 bits per heavy atom. The minimum Gasteiger partial charge on any atom is -0.480 e. The Hall–Kier alpha value is -1.69. The van der Waals surface area contributed by atoms with Crippen molar-refractivity contribution in [2.75, 3.05) is 0 Å². The lowest BCUT2D eigenvalue weighted by Gasteiger charge is -2.21. The lowest BCUT2D eigenvalue weighted by atomic mass is 10.1. The number of carbonyl (C=O) groups excluding carboxylic acids is 1. The highest BCUT2D eigenvalue weighted by Crippen LogP contribution is 2.20. The number of amides is 1. The topological polar surface area (TPSA) is 66.4 Å². The van der Waals surface area contributed by atoms with Gasteiger partial charge >= 0.3 is 5.97 Å². The van der Waals surface area contributed by atoms with Gasteiger partial charge in [0.05, 0.1) is 10.6 Å². The van der Waals surface area contributed by atoms with Gasteiger partial charge in [-0.05, 0) is 26.0 Å². The SMILES string of the molecule is CC(C)(NC(=O)c1cc(F)c(F)cc1Cl)C(=O)O. The number of hydrogen-bond acceptors (Lipinski definition) is 2. The van der Waals surface area contributed by atoms with Gasteiger partial charge in [-0.1, -0.05) is 11.6 Å². The smallest absolute Gasteiger partial charge is 0.328 e. The van der Waals surface area contributed by atoms with Gasteiger partial charge in [0.25, 0.3) is 5.91 Å². The molecule has 0 aliphatic carbocycles. The average Bonchev–Trinajstić information content (AvgIpc) is 2.22. The van der Waals surface area contributed by atoms with Crippen molar-refractivity contribution >= 4 is 23.5 Å². The quantitative estimate of drug-likeness (QED) is 0.833. The second-order valence-corrected chi connectivity index (χ2v) is 4.54. The molecule has 0 unspecified atom stereocenters. The van der Waals surface area contributed by atoms with Gasteiger partial charge in [0.2, 0.25) is 0 Å². The van der Waals surface area contributed by atoms with Crippen molar-refractivity contribution in [3.05, 3.63) is 34.4 Å². The normalized spacial score (nSPS) is 11.2. The van der Waals surface area contributed by atoms with Crippen LogP contribution in [0.2, 0.25) is 5.02 Å². The van der Waals surface area contributed by atoms with Crippen LogP contribution in [0.4, 0.5) is 8.78 Å². The Labute approximate surface area is 107 Å². The van der Waals surface area contributed by atoms with Gasteiger partial charge in [0.15, 0.2) is 11.6 Å². The predicted octanol–water partition coefficient (Wildman–Crippen LogP) is 2.21. The van der Waals surface area contributed by atoms with E-state index in [0.29, 0.717) is 12.1 Å². The Balaban J connectivity index is 3.06. The van der Waals surface area contributed by atoms with E-state index < -0.39 is 29.0 Å². The summed E-state index contributed by atoms with van der Waals surface area (Å²) in [6.07, 6.45) is 0. The number of hydrogen-bond donors (Lipinski definition) is 2. The average molecular weight is 278 g/mol. The summed E-state index contributed by atoms with van der Waals surface area (Å²) >= 11 is 5.59. The fraction of sp³-hybridized carbons (Fsp3) is 0.273. The van der Waals surface area contributed by atoms with Crippen molar-refractivity contribution in [2.45, 2.75) is 19.4 Å². The van der Waals surface area contributed by atoms with E-state index in [1.54, 1.807) is 0 Å². The molecular formula is C11H10ClF2NO3. The molecule has 1 rings (SSSR count). The minimum absolute atomic E-state index is 0.299. The molecule has 0 bridgehead atoms. The van der Waals surface area contributed by atoms with Crippen molar-refractivity contribution in [1.29, 1.82) is 0 Å². The fourth-order valence-electron chi connectivity index (χ4n) is 1.10. The third-order valence-electron chi connectivity index (χ3n) is 2.22. The monoisotopic (exact) mass is 277 g/mol. The summed E-state index contributed by atoms with van der Waals surface area (Å²) < 4.78 is 25.8. The van der Waals surface area contributed by atoms with Gasteiger partial charge in [-0.2, -0.15) is 0 Å². The molecule has 0 aliphatic rings. The summed E-state index contributed by atoms with van der Waals surface area (Å²) in [5.74, 6) is -4.59. The number of carboxylic acids is 1. The number of carbonyl (C=O) groups is 2. The van der Waals surface area contributed by atoms with Gasteiger partial charge in [-0.25, -0.2) is 13.6 Å². The van der Waals surface area contributed by atoms with E-state index >= 15 is 0 Å². The Kier molecular flexibility index (Phi) is 3.91. The summed E-state index contributed by atoms with van der Waals surface area (Å²) in [5.41, 5.74) is -1.88. The molecule has 0 saturated heterocycles. The third kappa shape index (κ3) is 2.95. The van der Waals surface area contributed by atoms with E-state index in [4.69, 9.17) is 16.7 Å². The molecule has 0 spiro atoms. The lowest BCUT2D eigenvalue weighted by molar-refractivity contribution is -0.143. The molecule has 98 valence electrons. The van der Waals surface area contributed by atoms with E-state index in [0.717, 1.165) is 0 Å². The van der Waals surface area contributed by atoms with Gasteiger partial charge in [-0.15, -0.1) is 0 Å². The van der Waals surface area contributed by atoms with E-state index in [9.17, 15) is 18.4 Å². The van der Waals surface area contributed by atoms with Crippen molar-refractivity contribution in [1.82, 2.24) is 5.32 Å². The Morgan fingerprint density at radius 3 is 2.28 bits per heavy atom. The van der Waals surface area contributed by atoms with Crippen molar-refractivity contribution in [3.63, 3.8) is 0 Å². The van der Waals surface area contributed by atoms with E-state index in [-0.39, 0.29) is 10.6 Å². The van der Waals surface area contributed by atoms with Crippen LogP contribution in [0.1, 0.15) is 24.2 Å². The summed E-state index contributed by atoms with van der Waals surface area (Å²) in [7, 11) is 0. The van der Waals surface area contributed by atoms with Crippen LogP contribution >= 0.6 is 11.6 Å². The highest BCUT2D eigenvalue weighted by Gasteiger charge is 2.30. The molecule has 2 N–H and O–H groups in total. The highest BCUT2D eigenvalue weighted by atomic mass is 35.5. The molecule has 0 aromatic heterocycles. The van der Waals surface area contributed by atoms with Gasteiger partial charge < -0.3 is 10.4 Å². The molecule has 0 heterocycles. The maximum Gasteiger partial charge on any atom is 0.328 e. The van der Waals surface area contributed by atoms with E-state index in [1.165, 1.54) is 13.8 Å². The van der Waals surface area contributed by atoms with Crippen LogP contribution in [0.25, 0.3) is 0 Å². The fourth-order valence-corrected chi connectivity index (χ4v) is 1.34. The first-order valence-electron chi connectivity index (χ1n) is 4.85. The molecular weight excluding hydrogens is 268 g/mol. The molecule has 0 aliphatic heterocycles. The number of carboxylic acid groups (broad SMARTS) is 1. The number of aliphatic carboxylic acids is 1. The number of halogens is 3. The molecule has 0 saturated carbocycles. The van der Waals surface area contributed by atoms with Gasteiger partial charge in [0.1, 0.15) is 5.54 Å². The first-order valence-corrected chi connectivity index (χ1v) is 5.23.